The van der Waals surface area contributed by atoms with Gasteiger partial charge >= 0.3 is 12.1 Å². The molecule has 0 heterocycles. The number of aliphatic carboxylic acids is 1. The first kappa shape index (κ1) is 14.8. The van der Waals surface area contributed by atoms with Crippen molar-refractivity contribution in [2.75, 3.05) is 0 Å². The van der Waals surface area contributed by atoms with Crippen LogP contribution in [0.15, 0.2) is 0 Å². The van der Waals surface area contributed by atoms with Crippen molar-refractivity contribution in [2.24, 2.45) is 5.92 Å². The summed E-state index contributed by atoms with van der Waals surface area (Å²) in [5.74, 6) is -0.676. The molecule has 2 N–H and O–H groups in total. The van der Waals surface area contributed by atoms with Gasteiger partial charge in [-0.05, 0) is 39.5 Å². The van der Waals surface area contributed by atoms with Crippen molar-refractivity contribution >= 4 is 12.1 Å². The molecule has 0 aromatic carbocycles. The Bertz CT molecular complexity index is 334. The average molecular weight is 257 g/mol. The van der Waals surface area contributed by atoms with Crippen LogP contribution in [-0.2, 0) is 9.53 Å². The first-order valence-corrected chi connectivity index (χ1v) is 6.39. The summed E-state index contributed by atoms with van der Waals surface area (Å²) < 4.78 is 5.14. The van der Waals surface area contributed by atoms with Crippen molar-refractivity contribution in [2.45, 2.75) is 64.5 Å². The summed E-state index contributed by atoms with van der Waals surface area (Å²) in [6.07, 6.45) is 2.08. The minimum atomic E-state index is -1.17. The zero-order chi connectivity index (χ0) is 14.0. The van der Waals surface area contributed by atoms with E-state index in [0.29, 0.717) is 18.8 Å². The number of hydrogen-bond donors (Lipinski definition) is 2. The van der Waals surface area contributed by atoms with Gasteiger partial charge in [-0.2, -0.15) is 0 Å². The predicted molar refractivity (Wildman–Crippen MR) is 67.4 cm³/mol. The highest BCUT2D eigenvalue weighted by molar-refractivity contribution is 5.84. The quantitative estimate of drug-likeness (QED) is 0.797. The summed E-state index contributed by atoms with van der Waals surface area (Å²) in [7, 11) is 0. The van der Waals surface area contributed by atoms with Gasteiger partial charge in [0.25, 0.3) is 0 Å². The normalized spacial score (nSPS) is 28.6. The Morgan fingerprint density at radius 2 is 2.00 bits per heavy atom. The van der Waals surface area contributed by atoms with Crippen LogP contribution in [0.4, 0.5) is 4.79 Å². The maximum absolute atomic E-state index is 11.7. The molecule has 1 rings (SSSR count). The molecule has 1 aliphatic rings. The van der Waals surface area contributed by atoms with Crippen LogP contribution in [0, 0.1) is 5.92 Å². The van der Waals surface area contributed by atoms with Crippen molar-refractivity contribution in [3.8, 4) is 0 Å². The fraction of sp³-hybridized carbons (Fsp3) is 0.846. The van der Waals surface area contributed by atoms with Crippen molar-refractivity contribution in [1.29, 1.82) is 0 Å². The van der Waals surface area contributed by atoms with Gasteiger partial charge in [0.15, 0.2) is 0 Å². The number of carboxylic acid groups (broad SMARTS) is 1. The van der Waals surface area contributed by atoms with Crippen molar-refractivity contribution in [1.82, 2.24) is 5.32 Å². The lowest BCUT2D eigenvalue weighted by Crippen LogP contribution is -2.57. The zero-order valence-electron chi connectivity index (χ0n) is 11.6. The van der Waals surface area contributed by atoms with E-state index in [1.807, 2.05) is 6.92 Å². The van der Waals surface area contributed by atoms with Gasteiger partial charge in [-0.15, -0.1) is 0 Å². The van der Waals surface area contributed by atoms with Crippen LogP contribution in [0.2, 0.25) is 0 Å². The van der Waals surface area contributed by atoms with Crippen LogP contribution in [0.1, 0.15) is 53.4 Å². The third kappa shape index (κ3) is 3.89. The van der Waals surface area contributed by atoms with Crippen LogP contribution in [0.3, 0.4) is 0 Å². The summed E-state index contributed by atoms with van der Waals surface area (Å²) in [5, 5.41) is 11.9. The highest BCUT2D eigenvalue weighted by Gasteiger charge is 2.44. The first-order valence-electron chi connectivity index (χ1n) is 6.39. The molecule has 0 spiro atoms. The van der Waals surface area contributed by atoms with Gasteiger partial charge in [0, 0.05) is 0 Å². The monoisotopic (exact) mass is 257 g/mol. The topological polar surface area (TPSA) is 75.6 Å². The van der Waals surface area contributed by atoms with Gasteiger partial charge in [0.05, 0.1) is 0 Å². The van der Waals surface area contributed by atoms with E-state index in [-0.39, 0.29) is 0 Å². The largest absolute Gasteiger partial charge is 0.480 e. The molecular weight excluding hydrogens is 234 g/mol. The van der Waals surface area contributed by atoms with Crippen LogP contribution in [0.5, 0.6) is 0 Å². The Hall–Kier alpha value is -1.26. The fourth-order valence-electron chi connectivity index (χ4n) is 2.41. The highest BCUT2D eigenvalue weighted by Crippen LogP contribution is 2.32. The number of ether oxygens (including phenoxy) is 1. The summed E-state index contributed by atoms with van der Waals surface area (Å²) in [4.78, 5) is 23.2. The molecule has 0 aromatic heterocycles. The molecule has 0 bridgehead atoms. The van der Waals surface area contributed by atoms with Gasteiger partial charge < -0.3 is 15.2 Å². The second-order valence-electron chi connectivity index (χ2n) is 6.22. The van der Waals surface area contributed by atoms with E-state index in [2.05, 4.69) is 5.32 Å². The van der Waals surface area contributed by atoms with E-state index in [1.165, 1.54) is 0 Å². The molecule has 1 fully saturated rings. The summed E-state index contributed by atoms with van der Waals surface area (Å²) >= 11 is 0. The number of carboxylic acids is 1. The Balaban J connectivity index is 2.74. The Labute approximate surface area is 108 Å². The van der Waals surface area contributed by atoms with E-state index in [0.717, 1.165) is 12.8 Å². The minimum Gasteiger partial charge on any atom is -0.480 e. The Kier molecular flexibility index (Phi) is 4.24. The number of rotatable bonds is 2. The third-order valence-corrected chi connectivity index (χ3v) is 3.15. The number of carbonyl (C=O) groups excluding carboxylic acids is 1. The molecular formula is C13H23NO4. The standard InChI is InChI=1S/C13H23NO4/c1-9-6-5-7-13(8-9,10(15)16)14-11(17)18-12(2,3)4/h9H,5-8H2,1-4H3,(H,14,17)(H,15,16)/t9-,13-/m1/s1. The second-order valence-corrected chi connectivity index (χ2v) is 6.22. The lowest BCUT2D eigenvalue weighted by molar-refractivity contribution is -0.147. The van der Waals surface area contributed by atoms with Crippen molar-refractivity contribution in [3.05, 3.63) is 0 Å². The number of nitrogens with one attached hydrogen (secondary N) is 1. The van der Waals surface area contributed by atoms with E-state index in [1.54, 1.807) is 20.8 Å². The molecule has 0 aromatic rings. The molecule has 2 atom stereocenters. The average Bonchev–Trinajstić information content (AvgIpc) is 2.13. The molecule has 0 saturated heterocycles. The van der Waals surface area contributed by atoms with Crippen LogP contribution in [-0.4, -0.2) is 28.3 Å². The van der Waals surface area contributed by atoms with Gasteiger partial charge in [-0.3, -0.25) is 0 Å². The molecule has 1 saturated carbocycles. The van der Waals surface area contributed by atoms with Crippen LogP contribution >= 0.6 is 0 Å². The number of alkyl carbamates (subject to hydrolysis) is 1. The van der Waals surface area contributed by atoms with Gasteiger partial charge in [0.1, 0.15) is 11.1 Å². The number of amides is 1. The smallest absolute Gasteiger partial charge is 0.408 e. The van der Waals surface area contributed by atoms with E-state index >= 15 is 0 Å². The Morgan fingerprint density at radius 3 is 2.44 bits per heavy atom. The SMILES string of the molecule is C[C@@H]1CCC[C@](NC(=O)OC(C)(C)C)(C(=O)O)C1. The second kappa shape index (κ2) is 5.16. The Morgan fingerprint density at radius 1 is 1.39 bits per heavy atom. The van der Waals surface area contributed by atoms with E-state index < -0.39 is 23.2 Å². The van der Waals surface area contributed by atoms with Crippen LogP contribution in [0.25, 0.3) is 0 Å². The van der Waals surface area contributed by atoms with Crippen molar-refractivity contribution < 1.29 is 19.4 Å². The first-order chi connectivity index (χ1) is 8.15. The maximum atomic E-state index is 11.7. The molecule has 0 aliphatic heterocycles. The van der Waals surface area contributed by atoms with E-state index in [9.17, 15) is 14.7 Å². The van der Waals surface area contributed by atoms with E-state index in [4.69, 9.17) is 4.74 Å². The molecule has 0 radical (unpaired) electrons. The molecule has 1 amide bonds. The summed E-state index contributed by atoms with van der Waals surface area (Å²) in [6.45, 7) is 7.27. The fourth-order valence-corrected chi connectivity index (χ4v) is 2.41. The third-order valence-electron chi connectivity index (χ3n) is 3.15. The molecule has 1 aliphatic carbocycles. The van der Waals surface area contributed by atoms with Crippen LogP contribution < -0.4 is 5.32 Å². The summed E-state index contributed by atoms with van der Waals surface area (Å²) in [5.41, 5.74) is -1.79. The molecule has 104 valence electrons. The molecule has 0 unspecified atom stereocenters. The molecule has 5 nitrogen and oxygen atoms in total. The lowest BCUT2D eigenvalue weighted by Gasteiger charge is -2.37. The highest BCUT2D eigenvalue weighted by atomic mass is 16.6. The number of carbonyl (C=O) groups is 2. The maximum Gasteiger partial charge on any atom is 0.408 e. The molecule has 5 heteroatoms. The lowest BCUT2D eigenvalue weighted by atomic mass is 9.76. The van der Waals surface area contributed by atoms with Gasteiger partial charge in [0.2, 0.25) is 0 Å². The predicted octanol–water partition coefficient (Wildman–Crippen LogP) is 2.54. The zero-order valence-corrected chi connectivity index (χ0v) is 11.6. The van der Waals surface area contributed by atoms with Gasteiger partial charge in [-0.1, -0.05) is 19.8 Å². The van der Waals surface area contributed by atoms with Gasteiger partial charge in [-0.25, -0.2) is 9.59 Å². The summed E-state index contributed by atoms with van der Waals surface area (Å²) in [6, 6.07) is 0. The minimum absolute atomic E-state index is 0.296. The number of hydrogen-bond acceptors (Lipinski definition) is 3. The molecule has 18 heavy (non-hydrogen) atoms. The van der Waals surface area contributed by atoms with Crippen molar-refractivity contribution in [3.63, 3.8) is 0 Å².